The number of rotatable bonds is 3. The highest BCUT2D eigenvalue weighted by Crippen LogP contribution is 2.22. The minimum absolute atomic E-state index is 0.871. The molecule has 0 saturated carbocycles. The first-order valence-electron chi connectivity index (χ1n) is 2.88. The predicted molar refractivity (Wildman–Crippen MR) is 35.0 cm³/mol. The van der Waals surface area contributed by atoms with Crippen LogP contribution in [0.25, 0.3) is 0 Å². The highest BCUT2D eigenvalue weighted by atomic mass is 19.1. The van der Waals surface area contributed by atoms with E-state index >= 15 is 0 Å². The van der Waals surface area contributed by atoms with Gasteiger partial charge in [0.05, 0.1) is 11.5 Å². The highest BCUT2D eigenvalue weighted by molar-refractivity contribution is 5.00. The third-order valence-corrected chi connectivity index (χ3v) is 1.39. The van der Waals surface area contributed by atoms with Crippen LogP contribution in [0.15, 0.2) is 5.18 Å². The van der Waals surface area contributed by atoms with Crippen molar-refractivity contribution in [3.63, 3.8) is 0 Å². The van der Waals surface area contributed by atoms with E-state index in [9.17, 15) is 9.30 Å². The number of hydrogen-bond acceptors (Lipinski definition) is 3. The Labute approximate surface area is 58.8 Å². The van der Waals surface area contributed by atoms with E-state index in [4.69, 9.17) is 5.26 Å². The molecule has 0 aromatic rings. The molecular formula is C6H9FN2O. The Kier molecular flexibility index (Phi) is 2.94. The van der Waals surface area contributed by atoms with E-state index in [1.54, 1.807) is 0 Å². The SMILES string of the molecule is CC(C)(C#N)C(CF)N=O. The van der Waals surface area contributed by atoms with Gasteiger partial charge in [0.2, 0.25) is 0 Å². The minimum atomic E-state index is -1.04. The number of alkyl halides is 1. The second-order valence-electron chi connectivity index (χ2n) is 2.61. The van der Waals surface area contributed by atoms with E-state index in [0.29, 0.717) is 0 Å². The molecule has 3 nitrogen and oxygen atoms in total. The average molecular weight is 144 g/mol. The Hall–Kier alpha value is -0.980. The fourth-order valence-electron chi connectivity index (χ4n) is 0.427. The van der Waals surface area contributed by atoms with Crippen molar-refractivity contribution in [2.75, 3.05) is 6.67 Å². The second-order valence-corrected chi connectivity index (χ2v) is 2.61. The van der Waals surface area contributed by atoms with Gasteiger partial charge in [0.25, 0.3) is 0 Å². The highest BCUT2D eigenvalue weighted by Gasteiger charge is 2.30. The molecule has 0 spiro atoms. The number of nitrogens with zero attached hydrogens (tertiary/aromatic N) is 2. The summed E-state index contributed by atoms with van der Waals surface area (Å²) in [5, 5.41) is 10.9. The van der Waals surface area contributed by atoms with Crippen molar-refractivity contribution in [2.24, 2.45) is 10.6 Å². The summed E-state index contributed by atoms with van der Waals surface area (Å²) < 4.78 is 11.9. The molecular weight excluding hydrogens is 135 g/mol. The van der Waals surface area contributed by atoms with Gasteiger partial charge in [0, 0.05) is 0 Å². The van der Waals surface area contributed by atoms with Crippen LogP contribution in [0.1, 0.15) is 13.8 Å². The molecule has 0 bridgehead atoms. The second kappa shape index (κ2) is 3.25. The molecule has 1 atom stereocenters. The Bertz CT molecular complexity index is 162. The fourth-order valence-corrected chi connectivity index (χ4v) is 0.427. The van der Waals surface area contributed by atoms with Crippen molar-refractivity contribution in [3.05, 3.63) is 4.91 Å². The Balaban J connectivity index is 4.29. The van der Waals surface area contributed by atoms with Gasteiger partial charge in [-0.05, 0) is 13.8 Å². The summed E-state index contributed by atoms with van der Waals surface area (Å²) >= 11 is 0. The molecule has 0 aliphatic rings. The number of nitriles is 1. The minimum Gasteiger partial charge on any atom is -0.249 e. The standard InChI is InChI=1S/C6H9FN2O/c1-6(2,4-8)5(3-7)9-10/h5H,3H2,1-2H3. The first-order chi connectivity index (χ1) is 4.58. The Morgan fingerprint density at radius 1 is 1.80 bits per heavy atom. The molecule has 0 rings (SSSR count). The van der Waals surface area contributed by atoms with Gasteiger partial charge >= 0.3 is 0 Å². The van der Waals surface area contributed by atoms with Crippen molar-refractivity contribution in [1.29, 1.82) is 5.26 Å². The molecule has 10 heavy (non-hydrogen) atoms. The zero-order valence-electron chi connectivity index (χ0n) is 5.97. The smallest absolute Gasteiger partial charge is 0.138 e. The van der Waals surface area contributed by atoms with Crippen LogP contribution < -0.4 is 0 Å². The molecule has 1 unspecified atom stereocenters. The van der Waals surface area contributed by atoms with Crippen LogP contribution in [0, 0.1) is 21.7 Å². The van der Waals surface area contributed by atoms with Gasteiger partial charge in [-0.2, -0.15) is 10.2 Å². The Morgan fingerprint density at radius 3 is 2.40 bits per heavy atom. The van der Waals surface area contributed by atoms with Crippen molar-refractivity contribution in [3.8, 4) is 6.07 Å². The maximum absolute atomic E-state index is 11.9. The lowest BCUT2D eigenvalue weighted by molar-refractivity contribution is 0.305. The normalized spacial score (nSPS) is 13.8. The maximum atomic E-state index is 11.9. The van der Waals surface area contributed by atoms with E-state index in [1.807, 2.05) is 6.07 Å². The van der Waals surface area contributed by atoms with Crippen LogP contribution in [0.3, 0.4) is 0 Å². The molecule has 0 aliphatic carbocycles. The van der Waals surface area contributed by atoms with Gasteiger partial charge in [-0.3, -0.25) is 0 Å². The number of halogens is 1. The van der Waals surface area contributed by atoms with E-state index in [2.05, 4.69) is 5.18 Å². The van der Waals surface area contributed by atoms with Crippen molar-refractivity contribution < 1.29 is 4.39 Å². The van der Waals surface area contributed by atoms with Gasteiger partial charge in [0.1, 0.15) is 12.7 Å². The zero-order valence-corrected chi connectivity index (χ0v) is 5.97. The molecule has 0 amide bonds. The summed E-state index contributed by atoms with van der Waals surface area (Å²) in [6.07, 6.45) is 0. The first-order valence-corrected chi connectivity index (χ1v) is 2.88. The van der Waals surface area contributed by atoms with E-state index < -0.39 is 18.1 Å². The molecule has 4 heteroatoms. The molecule has 0 heterocycles. The third kappa shape index (κ3) is 1.76. The third-order valence-electron chi connectivity index (χ3n) is 1.39. The molecule has 0 saturated heterocycles. The number of nitroso groups, excluding NO2 is 1. The van der Waals surface area contributed by atoms with Gasteiger partial charge in [-0.1, -0.05) is 5.18 Å². The molecule has 0 aromatic carbocycles. The summed E-state index contributed by atoms with van der Waals surface area (Å²) in [5.41, 5.74) is -0.990. The largest absolute Gasteiger partial charge is 0.249 e. The van der Waals surface area contributed by atoms with E-state index in [0.717, 1.165) is 0 Å². The lowest BCUT2D eigenvalue weighted by atomic mass is 9.87. The summed E-state index contributed by atoms with van der Waals surface area (Å²) in [6.45, 7) is 2.10. The lowest BCUT2D eigenvalue weighted by Gasteiger charge is -2.17. The van der Waals surface area contributed by atoms with Crippen LogP contribution in [-0.4, -0.2) is 12.7 Å². The quantitative estimate of drug-likeness (QED) is 0.565. The zero-order chi connectivity index (χ0) is 8.20. The van der Waals surface area contributed by atoms with Crippen LogP contribution in [-0.2, 0) is 0 Å². The molecule has 0 aliphatic heterocycles. The average Bonchev–Trinajstić information content (AvgIpc) is 1.90. The van der Waals surface area contributed by atoms with Crippen LogP contribution in [0.4, 0.5) is 4.39 Å². The molecule has 0 fully saturated rings. The topological polar surface area (TPSA) is 53.2 Å². The molecule has 0 aromatic heterocycles. The number of hydrogen-bond donors (Lipinski definition) is 0. The van der Waals surface area contributed by atoms with Crippen molar-refractivity contribution in [2.45, 2.75) is 19.9 Å². The van der Waals surface area contributed by atoms with Crippen LogP contribution >= 0.6 is 0 Å². The summed E-state index contributed by atoms with van der Waals surface area (Å²) in [6, 6.07) is 0.766. The summed E-state index contributed by atoms with van der Waals surface area (Å²) in [5.74, 6) is 0. The van der Waals surface area contributed by atoms with Crippen LogP contribution in [0.2, 0.25) is 0 Å². The van der Waals surface area contributed by atoms with E-state index in [1.165, 1.54) is 13.8 Å². The van der Waals surface area contributed by atoms with Crippen LogP contribution in [0.5, 0.6) is 0 Å². The maximum Gasteiger partial charge on any atom is 0.138 e. The van der Waals surface area contributed by atoms with Gasteiger partial charge in [-0.25, -0.2) is 4.39 Å². The van der Waals surface area contributed by atoms with Crippen molar-refractivity contribution >= 4 is 0 Å². The molecule has 0 radical (unpaired) electrons. The first kappa shape index (κ1) is 9.02. The van der Waals surface area contributed by atoms with Crippen molar-refractivity contribution in [1.82, 2.24) is 0 Å². The molecule has 56 valence electrons. The van der Waals surface area contributed by atoms with Gasteiger partial charge < -0.3 is 0 Å². The Morgan fingerprint density at radius 2 is 2.30 bits per heavy atom. The monoisotopic (exact) mass is 144 g/mol. The summed E-state index contributed by atoms with van der Waals surface area (Å²) in [7, 11) is 0. The lowest BCUT2D eigenvalue weighted by Crippen LogP contribution is -2.27. The molecule has 0 N–H and O–H groups in total. The van der Waals surface area contributed by atoms with Gasteiger partial charge in [0.15, 0.2) is 0 Å². The fraction of sp³-hybridized carbons (Fsp3) is 0.833. The summed E-state index contributed by atoms with van der Waals surface area (Å²) in [4.78, 5) is 9.90. The van der Waals surface area contributed by atoms with E-state index in [-0.39, 0.29) is 0 Å². The van der Waals surface area contributed by atoms with Gasteiger partial charge in [-0.15, -0.1) is 0 Å². The predicted octanol–water partition coefficient (Wildman–Crippen LogP) is 1.64.